The highest BCUT2D eigenvalue weighted by atomic mass is 16.2. The van der Waals surface area contributed by atoms with Crippen molar-refractivity contribution in [3.8, 4) is 5.69 Å². The van der Waals surface area contributed by atoms with Gasteiger partial charge >= 0.3 is 6.03 Å². The van der Waals surface area contributed by atoms with Crippen LogP contribution in [0.5, 0.6) is 0 Å². The molecule has 1 saturated carbocycles. The van der Waals surface area contributed by atoms with Crippen molar-refractivity contribution in [1.29, 1.82) is 0 Å². The van der Waals surface area contributed by atoms with E-state index in [1.165, 1.54) is 6.42 Å². The van der Waals surface area contributed by atoms with Crippen molar-refractivity contribution in [3.05, 3.63) is 42.1 Å². The van der Waals surface area contributed by atoms with Gasteiger partial charge in [0.1, 0.15) is 12.4 Å². The van der Waals surface area contributed by atoms with E-state index < -0.39 is 0 Å². The second-order valence-corrected chi connectivity index (χ2v) is 8.29. The average Bonchev–Trinajstić information content (AvgIpc) is 3.41. The molecule has 0 unspecified atom stereocenters. The molecule has 2 atom stereocenters. The highest BCUT2D eigenvalue weighted by molar-refractivity contribution is 6.20. The quantitative estimate of drug-likeness (QED) is 0.847. The first-order chi connectivity index (χ1) is 14.6. The van der Waals surface area contributed by atoms with Crippen LogP contribution in [-0.4, -0.2) is 58.1 Å². The molecule has 156 valence electrons. The average molecular weight is 406 g/mol. The van der Waals surface area contributed by atoms with Gasteiger partial charge in [0, 0.05) is 12.6 Å². The predicted molar refractivity (Wildman–Crippen MR) is 114 cm³/mol. The first kappa shape index (κ1) is 18.8. The molecule has 0 radical (unpaired) electrons. The van der Waals surface area contributed by atoms with Crippen LogP contribution in [0.2, 0.25) is 0 Å². The molecule has 3 heterocycles. The molecule has 8 heteroatoms. The molecule has 0 spiro atoms. The number of hydrogen-bond acceptors (Lipinski definition) is 4. The molecule has 1 aromatic heterocycles. The molecular formula is C22H26N6O2. The summed E-state index contributed by atoms with van der Waals surface area (Å²) in [5.74, 6) is 1.58. The number of amides is 3. The summed E-state index contributed by atoms with van der Waals surface area (Å²) in [5.41, 5.74) is 1.62. The molecule has 8 nitrogen and oxygen atoms in total. The predicted octanol–water partition coefficient (Wildman–Crippen LogP) is 2.57. The lowest BCUT2D eigenvalue weighted by Crippen LogP contribution is -2.54. The van der Waals surface area contributed by atoms with E-state index in [1.54, 1.807) is 20.7 Å². The molecule has 5 rings (SSSR count). The van der Waals surface area contributed by atoms with Crippen LogP contribution in [0, 0.1) is 5.92 Å². The molecule has 0 saturated heterocycles. The number of hydrogen-bond donors (Lipinski definition) is 1. The zero-order valence-electron chi connectivity index (χ0n) is 17.1. The maximum atomic E-state index is 13.3. The van der Waals surface area contributed by atoms with Crippen molar-refractivity contribution in [3.63, 3.8) is 0 Å². The van der Waals surface area contributed by atoms with Gasteiger partial charge in [-0.15, -0.1) is 0 Å². The fraction of sp³-hybridized carbons (Fsp3) is 0.455. The third-order valence-electron chi connectivity index (χ3n) is 6.30. The third kappa shape index (κ3) is 3.16. The number of nitrogens with one attached hydrogen (secondary N) is 1. The highest BCUT2D eigenvalue weighted by Gasteiger charge is 2.41. The monoisotopic (exact) mass is 406 g/mol. The summed E-state index contributed by atoms with van der Waals surface area (Å²) in [4.78, 5) is 34.0. The summed E-state index contributed by atoms with van der Waals surface area (Å²) in [7, 11) is 0. The van der Waals surface area contributed by atoms with Crippen LogP contribution in [0.25, 0.3) is 5.69 Å². The maximum Gasteiger partial charge on any atom is 0.331 e. The second-order valence-electron chi connectivity index (χ2n) is 8.29. The van der Waals surface area contributed by atoms with Crippen LogP contribution in [0.1, 0.15) is 38.2 Å². The number of nitrogens with zero attached hydrogens (tertiary/aromatic N) is 5. The van der Waals surface area contributed by atoms with Gasteiger partial charge in [0.25, 0.3) is 0 Å². The van der Waals surface area contributed by atoms with Gasteiger partial charge in [-0.25, -0.2) is 9.48 Å². The summed E-state index contributed by atoms with van der Waals surface area (Å²) < 4.78 is 1.72. The summed E-state index contributed by atoms with van der Waals surface area (Å²) in [6.45, 7) is 3.25. The Bertz CT molecular complexity index is 998. The smallest absolute Gasteiger partial charge is 0.331 e. The van der Waals surface area contributed by atoms with Gasteiger partial charge in [0.15, 0.2) is 5.82 Å². The molecule has 1 aliphatic carbocycles. The summed E-state index contributed by atoms with van der Waals surface area (Å²) in [5, 5.41) is 7.70. The zero-order valence-corrected chi connectivity index (χ0v) is 17.1. The summed E-state index contributed by atoms with van der Waals surface area (Å²) >= 11 is 0. The number of aliphatic imine (C=N–C) groups is 1. The number of aromatic nitrogens is 2. The van der Waals surface area contributed by atoms with Crippen LogP contribution in [-0.2, 0) is 4.79 Å². The van der Waals surface area contributed by atoms with Crippen LogP contribution < -0.4 is 10.2 Å². The third-order valence-corrected chi connectivity index (χ3v) is 6.30. The Kier molecular flexibility index (Phi) is 4.77. The lowest BCUT2D eigenvalue weighted by atomic mass is 9.86. The van der Waals surface area contributed by atoms with Crippen molar-refractivity contribution in [2.75, 3.05) is 24.5 Å². The molecule has 1 fully saturated rings. The van der Waals surface area contributed by atoms with Gasteiger partial charge in [0.05, 0.1) is 24.0 Å². The molecule has 2 aliphatic heterocycles. The van der Waals surface area contributed by atoms with Gasteiger partial charge in [-0.05, 0) is 30.9 Å². The standard InChI is InChI=1S/C22H26N6O2/c1-15-7-5-6-10-18(15)25-19(29)14-27-21-17(20-23-11-12-26(20)22(27)30)13-24-28(21)16-8-3-2-4-9-16/h2-4,8-9,13,15,18H,5-7,10-12,14H2,1H3,(H,25,29)/t15-,18-/m0/s1. The van der Waals surface area contributed by atoms with Crippen molar-refractivity contribution in [1.82, 2.24) is 20.0 Å². The van der Waals surface area contributed by atoms with E-state index in [4.69, 9.17) is 0 Å². The first-order valence-electron chi connectivity index (χ1n) is 10.7. The van der Waals surface area contributed by atoms with Crippen molar-refractivity contribution in [2.45, 2.75) is 38.6 Å². The van der Waals surface area contributed by atoms with E-state index in [9.17, 15) is 9.59 Å². The highest BCUT2D eigenvalue weighted by Crippen LogP contribution is 2.33. The van der Waals surface area contributed by atoms with E-state index in [-0.39, 0.29) is 24.5 Å². The minimum absolute atomic E-state index is 0.0304. The number of rotatable bonds is 4. The van der Waals surface area contributed by atoms with E-state index in [1.807, 2.05) is 30.3 Å². The Hall–Kier alpha value is -3.16. The van der Waals surface area contributed by atoms with Gasteiger partial charge in [-0.1, -0.05) is 38.0 Å². The van der Waals surface area contributed by atoms with Gasteiger partial charge in [-0.3, -0.25) is 19.6 Å². The van der Waals surface area contributed by atoms with Crippen molar-refractivity contribution in [2.24, 2.45) is 10.9 Å². The van der Waals surface area contributed by atoms with Crippen LogP contribution in [0.15, 0.2) is 41.5 Å². The lowest BCUT2D eigenvalue weighted by molar-refractivity contribution is -0.121. The van der Waals surface area contributed by atoms with E-state index in [0.717, 1.165) is 30.5 Å². The van der Waals surface area contributed by atoms with E-state index in [0.29, 0.717) is 30.7 Å². The number of amidine groups is 1. The van der Waals surface area contributed by atoms with E-state index >= 15 is 0 Å². The van der Waals surface area contributed by atoms with Crippen LogP contribution in [0.3, 0.4) is 0 Å². The van der Waals surface area contributed by atoms with E-state index in [2.05, 4.69) is 22.3 Å². The molecule has 2 aromatic rings. The van der Waals surface area contributed by atoms with Crippen molar-refractivity contribution >= 4 is 23.6 Å². The number of carbonyl (C=O) groups is 2. The Labute approximate surface area is 175 Å². The van der Waals surface area contributed by atoms with Gasteiger partial charge in [-0.2, -0.15) is 5.10 Å². The molecule has 3 aliphatic rings. The Balaban J connectivity index is 1.47. The van der Waals surface area contributed by atoms with Crippen LogP contribution >= 0.6 is 0 Å². The first-order valence-corrected chi connectivity index (χ1v) is 10.7. The fourth-order valence-corrected chi connectivity index (χ4v) is 4.69. The maximum absolute atomic E-state index is 13.3. The van der Waals surface area contributed by atoms with Gasteiger partial charge in [0.2, 0.25) is 5.91 Å². The summed E-state index contributed by atoms with van der Waals surface area (Å²) in [6, 6.07) is 9.61. The largest absolute Gasteiger partial charge is 0.352 e. The molecule has 0 bridgehead atoms. The molecule has 30 heavy (non-hydrogen) atoms. The van der Waals surface area contributed by atoms with Crippen LogP contribution in [0.4, 0.5) is 10.6 Å². The number of carbonyl (C=O) groups excluding carboxylic acids is 2. The summed E-state index contributed by atoms with van der Waals surface area (Å²) in [6.07, 6.45) is 6.22. The Morgan fingerprint density at radius 2 is 2.00 bits per heavy atom. The molecule has 3 amide bonds. The van der Waals surface area contributed by atoms with Crippen molar-refractivity contribution < 1.29 is 9.59 Å². The fourth-order valence-electron chi connectivity index (χ4n) is 4.69. The topological polar surface area (TPSA) is 82.8 Å². The number of benzene rings is 1. The molecule has 1 N–H and O–H groups in total. The number of urea groups is 1. The minimum Gasteiger partial charge on any atom is -0.352 e. The molecule has 1 aromatic carbocycles. The number of para-hydroxylation sites is 1. The zero-order chi connectivity index (χ0) is 20.7. The normalized spacial score (nSPS) is 23.1. The SMILES string of the molecule is C[C@H]1CCCC[C@@H]1NC(=O)CN1C(=O)N2CCN=C2c2cnn(-c3ccccc3)c21. The Morgan fingerprint density at radius 3 is 2.80 bits per heavy atom. The Morgan fingerprint density at radius 1 is 1.20 bits per heavy atom. The lowest BCUT2D eigenvalue weighted by Gasteiger charge is -2.35. The number of fused-ring (bicyclic) bond motifs is 3. The minimum atomic E-state index is -0.219. The molecular weight excluding hydrogens is 380 g/mol. The number of anilines is 1. The second kappa shape index (κ2) is 7.59. The van der Waals surface area contributed by atoms with Gasteiger partial charge < -0.3 is 5.32 Å².